The van der Waals surface area contributed by atoms with Crippen molar-refractivity contribution >= 4 is 0 Å². The molecule has 15 heavy (non-hydrogen) atoms. The van der Waals surface area contributed by atoms with E-state index in [9.17, 15) is 8.78 Å². The molecule has 0 unspecified atom stereocenters. The fraction of sp³-hybridized carbons (Fsp3) is 0.500. The van der Waals surface area contributed by atoms with E-state index >= 15 is 0 Å². The Hall–Kier alpha value is -0.960. The molecule has 2 N–H and O–H groups in total. The van der Waals surface area contributed by atoms with Crippen molar-refractivity contribution in [3.8, 4) is 0 Å². The maximum atomic E-state index is 12.5. The van der Waals surface area contributed by atoms with Crippen LogP contribution >= 0.6 is 0 Å². The van der Waals surface area contributed by atoms with Gasteiger partial charge in [-0.1, -0.05) is 12.1 Å². The molecule has 0 saturated carbocycles. The molecule has 0 heterocycles. The van der Waals surface area contributed by atoms with Crippen molar-refractivity contribution in [2.45, 2.75) is 39.2 Å². The molecule has 3 heteroatoms. The van der Waals surface area contributed by atoms with Gasteiger partial charge < -0.3 is 5.73 Å². The van der Waals surface area contributed by atoms with E-state index in [1.165, 1.54) is 6.07 Å². The third-order valence-corrected chi connectivity index (χ3v) is 2.27. The summed E-state index contributed by atoms with van der Waals surface area (Å²) >= 11 is 0. The van der Waals surface area contributed by atoms with Crippen LogP contribution < -0.4 is 5.73 Å². The summed E-state index contributed by atoms with van der Waals surface area (Å²) in [6.07, 6.45) is -1.80. The smallest absolute Gasteiger partial charge is 0.263 e. The molecule has 0 fully saturated rings. The zero-order valence-corrected chi connectivity index (χ0v) is 9.35. The van der Waals surface area contributed by atoms with Gasteiger partial charge in [0.1, 0.15) is 0 Å². The van der Waals surface area contributed by atoms with Crippen LogP contribution in [0.3, 0.4) is 0 Å². The van der Waals surface area contributed by atoms with Gasteiger partial charge in [-0.25, -0.2) is 8.78 Å². The average Bonchev–Trinajstić information content (AvgIpc) is 2.06. The summed E-state index contributed by atoms with van der Waals surface area (Å²) < 4.78 is 25.0. The lowest BCUT2D eigenvalue weighted by Gasteiger charge is -2.20. The second-order valence-electron chi connectivity index (χ2n) is 4.65. The van der Waals surface area contributed by atoms with Crippen molar-refractivity contribution < 1.29 is 8.78 Å². The first-order valence-corrected chi connectivity index (χ1v) is 4.96. The summed E-state index contributed by atoms with van der Waals surface area (Å²) in [5.74, 6) is 0. The summed E-state index contributed by atoms with van der Waals surface area (Å²) in [5.41, 5.74) is 7.49. The number of benzene rings is 1. The number of nitrogens with two attached hydrogens (primary N) is 1. The largest absolute Gasteiger partial charge is 0.325 e. The Balaban J connectivity index is 3.01. The highest BCUT2D eigenvalue weighted by Crippen LogP contribution is 2.23. The molecule has 0 bridgehead atoms. The first kappa shape index (κ1) is 12.1. The standard InChI is InChI=1S/C12H17F2N/c1-8-4-5-9(11(13)14)6-10(8)7-12(2,3)15/h4-6,11H,7,15H2,1-3H3. The minimum Gasteiger partial charge on any atom is -0.325 e. The molecule has 0 spiro atoms. The van der Waals surface area contributed by atoms with Crippen LogP contribution in [0.25, 0.3) is 0 Å². The van der Waals surface area contributed by atoms with Crippen LogP contribution in [0.1, 0.15) is 37.0 Å². The monoisotopic (exact) mass is 213 g/mol. The predicted molar refractivity (Wildman–Crippen MR) is 58.1 cm³/mol. The van der Waals surface area contributed by atoms with Crippen LogP contribution in [0.2, 0.25) is 0 Å². The molecule has 1 rings (SSSR count). The molecule has 0 aliphatic carbocycles. The van der Waals surface area contributed by atoms with Crippen molar-refractivity contribution in [2.75, 3.05) is 0 Å². The van der Waals surface area contributed by atoms with Gasteiger partial charge in [0.15, 0.2) is 0 Å². The predicted octanol–water partition coefficient (Wildman–Crippen LogP) is 3.21. The summed E-state index contributed by atoms with van der Waals surface area (Å²) in [4.78, 5) is 0. The van der Waals surface area contributed by atoms with Gasteiger partial charge in [0.05, 0.1) is 0 Å². The second kappa shape index (κ2) is 4.27. The van der Waals surface area contributed by atoms with E-state index in [1.54, 1.807) is 12.1 Å². The summed E-state index contributed by atoms with van der Waals surface area (Å²) in [6, 6.07) is 4.74. The Morgan fingerprint density at radius 1 is 1.33 bits per heavy atom. The Morgan fingerprint density at radius 2 is 1.93 bits per heavy atom. The minimum atomic E-state index is -2.41. The Labute approximate surface area is 89.3 Å². The van der Waals surface area contributed by atoms with E-state index in [0.717, 1.165) is 11.1 Å². The molecule has 84 valence electrons. The maximum Gasteiger partial charge on any atom is 0.263 e. The lowest BCUT2D eigenvalue weighted by molar-refractivity contribution is 0.151. The van der Waals surface area contributed by atoms with Crippen molar-refractivity contribution in [2.24, 2.45) is 5.73 Å². The highest BCUT2D eigenvalue weighted by molar-refractivity contribution is 5.32. The van der Waals surface area contributed by atoms with Crippen LogP contribution in [0, 0.1) is 6.92 Å². The molecule has 0 aliphatic heterocycles. The highest BCUT2D eigenvalue weighted by Gasteiger charge is 2.15. The molecule has 1 nitrogen and oxygen atoms in total. The molecule has 1 aromatic carbocycles. The first-order chi connectivity index (χ1) is 6.79. The van der Waals surface area contributed by atoms with Gasteiger partial charge >= 0.3 is 0 Å². The maximum absolute atomic E-state index is 12.5. The van der Waals surface area contributed by atoms with E-state index < -0.39 is 6.43 Å². The van der Waals surface area contributed by atoms with E-state index in [-0.39, 0.29) is 11.1 Å². The van der Waals surface area contributed by atoms with Crippen molar-refractivity contribution in [3.05, 3.63) is 34.9 Å². The number of hydrogen-bond acceptors (Lipinski definition) is 1. The number of aryl methyl sites for hydroxylation is 1. The van der Waals surface area contributed by atoms with Crippen LogP contribution in [0.5, 0.6) is 0 Å². The van der Waals surface area contributed by atoms with Gasteiger partial charge in [-0.3, -0.25) is 0 Å². The van der Waals surface area contributed by atoms with Crippen molar-refractivity contribution in [1.29, 1.82) is 0 Å². The van der Waals surface area contributed by atoms with E-state index in [4.69, 9.17) is 5.73 Å². The highest BCUT2D eigenvalue weighted by atomic mass is 19.3. The number of hydrogen-bond donors (Lipinski definition) is 1. The number of halogens is 2. The SMILES string of the molecule is Cc1ccc(C(F)F)cc1CC(C)(C)N. The quantitative estimate of drug-likeness (QED) is 0.819. The average molecular weight is 213 g/mol. The summed E-state index contributed by atoms with van der Waals surface area (Å²) in [5, 5.41) is 0. The lowest BCUT2D eigenvalue weighted by atomic mass is 9.92. The molecule has 0 amide bonds. The topological polar surface area (TPSA) is 26.0 Å². The molecule has 0 atom stereocenters. The van der Waals surface area contributed by atoms with E-state index in [2.05, 4.69) is 0 Å². The van der Waals surface area contributed by atoms with Gasteiger partial charge in [-0.15, -0.1) is 0 Å². The third kappa shape index (κ3) is 3.59. The molecule has 0 aromatic heterocycles. The summed E-state index contributed by atoms with van der Waals surface area (Å²) in [6.45, 7) is 5.69. The summed E-state index contributed by atoms with van der Waals surface area (Å²) in [7, 11) is 0. The number of rotatable bonds is 3. The Morgan fingerprint density at radius 3 is 2.40 bits per heavy atom. The molecule has 0 saturated heterocycles. The fourth-order valence-corrected chi connectivity index (χ4v) is 1.51. The van der Waals surface area contributed by atoms with Gasteiger partial charge in [-0.05, 0) is 44.4 Å². The number of alkyl halides is 2. The van der Waals surface area contributed by atoms with Crippen LogP contribution in [-0.4, -0.2) is 5.54 Å². The normalized spacial score (nSPS) is 12.2. The molecular formula is C12H17F2N. The molecular weight excluding hydrogens is 196 g/mol. The molecule has 0 aliphatic rings. The first-order valence-electron chi connectivity index (χ1n) is 4.96. The van der Waals surface area contributed by atoms with Gasteiger partial charge in [0, 0.05) is 11.1 Å². The molecule has 0 radical (unpaired) electrons. The van der Waals surface area contributed by atoms with Crippen LogP contribution in [0.15, 0.2) is 18.2 Å². The van der Waals surface area contributed by atoms with Crippen molar-refractivity contribution in [1.82, 2.24) is 0 Å². The Bertz CT molecular complexity index is 340. The second-order valence-corrected chi connectivity index (χ2v) is 4.65. The zero-order chi connectivity index (χ0) is 11.6. The van der Waals surface area contributed by atoms with Gasteiger partial charge in [0.2, 0.25) is 0 Å². The van der Waals surface area contributed by atoms with E-state index in [0.29, 0.717) is 6.42 Å². The van der Waals surface area contributed by atoms with Gasteiger partial charge in [0.25, 0.3) is 6.43 Å². The van der Waals surface area contributed by atoms with E-state index in [1.807, 2.05) is 20.8 Å². The minimum absolute atomic E-state index is 0.0693. The lowest BCUT2D eigenvalue weighted by Crippen LogP contribution is -2.34. The Kier molecular flexibility index (Phi) is 3.45. The van der Waals surface area contributed by atoms with Crippen LogP contribution in [0.4, 0.5) is 8.78 Å². The van der Waals surface area contributed by atoms with Crippen LogP contribution in [-0.2, 0) is 6.42 Å². The van der Waals surface area contributed by atoms with Gasteiger partial charge in [-0.2, -0.15) is 0 Å². The fourth-order valence-electron chi connectivity index (χ4n) is 1.51. The zero-order valence-electron chi connectivity index (χ0n) is 9.35. The van der Waals surface area contributed by atoms with Crippen molar-refractivity contribution in [3.63, 3.8) is 0 Å². The molecule has 1 aromatic rings. The third-order valence-electron chi connectivity index (χ3n) is 2.27.